The van der Waals surface area contributed by atoms with Gasteiger partial charge in [-0.15, -0.1) is 15.2 Å². The number of rotatable bonds is 15. The summed E-state index contributed by atoms with van der Waals surface area (Å²) in [6.45, 7) is 3.70. The monoisotopic (exact) mass is 697 g/mol. The Morgan fingerprint density at radius 2 is 1.61 bits per heavy atom. The van der Waals surface area contributed by atoms with E-state index in [1.165, 1.54) is 13.0 Å². The van der Waals surface area contributed by atoms with Crippen LogP contribution in [0.25, 0.3) is 22.2 Å². The third kappa shape index (κ3) is 8.87. The van der Waals surface area contributed by atoms with Gasteiger partial charge in [0.15, 0.2) is 5.84 Å². The number of hydrogen-bond donors (Lipinski definition) is 3. The van der Waals surface area contributed by atoms with E-state index in [-0.39, 0.29) is 24.6 Å². The minimum atomic E-state index is -1.06. The van der Waals surface area contributed by atoms with Crippen molar-refractivity contribution in [1.29, 1.82) is 0 Å². The van der Waals surface area contributed by atoms with E-state index in [2.05, 4.69) is 14.9 Å². The second-order valence-corrected chi connectivity index (χ2v) is 11.1. The molecule has 16 nitrogen and oxygen atoms in total. The van der Waals surface area contributed by atoms with Crippen molar-refractivity contribution in [2.75, 3.05) is 6.61 Å². The fraction of sp³-hybridized carbons (Fsp3) is 0.200. The Morgan fingerprint density at radius 1 is 0.961 bits per heavy atom. The Balaban J connectivity index is 1.24. The molecule has 5 aromatic rings. The summed E-state index contributed by atoms with van der Waals surface area (Å²) >= 11 is 0. The topological polar surface area (TPSA) is 220 Å². The predicted molar refractivity (Wildman–Crippen MR) is 185 cm³/mol. The van der Waals surface area contributed by atoms with E-state index in [0.29, 0.717) is 46.9 Å². The molecular formula is C35H35N7O9. The fourth-order valence-electron chi connectivity index (χ4n) is 5.14. The molecule has 1 atom stereocenters. The summed E-state index contributed by atoms with van der Waals surface area (Å²) in [7, 11) is 0. The first-order valence-electron chi connectivity index (χ1n) is 15.6. The maximum Gasteiger partial charge on any atom is 0.510 e. The fourth-order valence-corrected chi connectivity index (χ4v) is 5.14. The molecule has 0 radical (unpaired) electrons. The van der Waals surface area contributed by atoms with Crippen molar-refractivity contribution >= 4 is 29.0 Å². The number of hydrogen-bond acceptors (Lipinski definition) is 12. The average Bonchev–Trinajstić information content (AvgIpc) is 3.47. The minimum absolute atomic E-state index is 0.0644. The maximum absolute atomic E-state index is 12.3. The molecule has 16 heteroatoms. The molecule has 1 aromatic heterocycles. The number of hydrazone groups is 1. The number of carbonyl (C=O) groups excluding carboxylic acids is 1. The van der Waals surface area contributed by atoms with Crippen LogP contribution in [0.3, 0.4) is 0 Å². The molecule has 5 N–H and O–H groups in total. The summed E-state index contributed by atoms with van der Waals surface area (Å²) in [4.78, 5) is 43.5. The zero-order valence-electron chi connectivity index (χ0n) is 27.7. The molecule has 264 valence electrons. The van der Waals surface area contributed by atoms with Gasteiger partial charge in [-0.25, -0.2) is 15.4 Å². The number of aromatic nitrogens is 2. The number of nitrogens with two attached hydrogens (primary N) is 2. The lowest BCUT2D eigenvalue weighted by atomic mass is 9.98. The van der Waals surface area contributed by atoms with Gasteiger partial charge in [0, 0.05) is 5.56 Å². The highest BCUT2D eigenvalue weighted by Gasteiger charge is 2.20. The number of fused-ring (bicyclic) bond motifs is 1. The van der Waals surface area contributed by atoms with Gasteiger partial charge in [0.1, 0.15) is 13.2 Å². The van der Waals surface area contributed by atoms with Crippen molar-refractivity contribution in [2.24, 2.45) is 16.7 Å². The van der Waals surface area contributed by atoms with Crippen molar-refractivity contribution in [3.8, 4) is 17.1 Å². The zero-order chi connectivity index (χ0) is 36.5. The smallest absolute Gasteiger partial charge is 0.478 e. The van der Waals surface area contributed by atoms with Crippen LogP contribution in [-0.2, 0) is 34.1 Å². The molecule has 0 aliphatic rings. The zero-order valence-corrected chi connectivity index (χ0v) is 27.7. The first kappa shape index (κ1) is 35.6. The van der Waals surface area contributed by atoms with Gasteiger partial charge in [0.25, 0.3) is 11.1 Å². The SMILES string of the molecule is CCOc1nc2cccc(C(=O)O)c2n1Cc1ccc(-c2ccccc2/C(N)=N/N(N)C(C)OC(=O)OCc2ccc(CO[N+](=O)[O-])cc2)cc1. The van der Waals surface area contributed by atoms with Crippen LogP contribution in [0.1, 0.15) is 46.5 Å². The van der Waals surface area contributed by atoms with E-state index in [1.54, 1.807) is 53.1 Å². The second-order valence-electron chi connectivity index (χ2n) is 11.1. The van der Waals surface area contributed by atoms with Gasteiger partial charge in [0.05, 0.1) is 29.7 Å². The molecule has 0 aliphatic heterocycles. The number of benzene rings is 4. The summed E-state index contributed by atoms with van der Waals surface area (Å²) in [6, 6.07) is 26.7. The van der Waals surface area contributed by atoms with Crippen molar-refractivity contribution in [3.63, 3.8) is 0 Å². The largest absolute Gasteiger partial charge is 0.510 e. The highest BCUT2D eigenvalue weighted by molar-refractivity contribution is 6.03. The molecule has 0 aliphatic carbocycles. The molecule has 51 heavy (non-hydrogen) atoms. The van der Waals surface area contributed by atoms with Crippen molar-refractivity contribution in [2.45, 2.75) is 39.8 Å². The van der Waals surface area contributed by atoms with Crippen LogP contribution in [0.2, 0.25) is 0 Å². The second kappa shape index (κ2) is 16.1. The maximum atomic E-state index is 12.3. The van der Waals surface area contributed by atoms with E-state index in [4.69, 9.17) is 25.8 Å². The third-order valence-corrected chi connectivity index (χ3v) is 7.62. The third-order valence-electron chi connectivity index (χ3n) is 7.62. The van der Waals surface area contributed by atoms with Crippen LogP contribution in [-0.4, -0.2) is 55.7 Å². The van der Waals surface area contributed by atoms with Gasteiger partial charge < -0.3 is 29.9 Å². The van der Waals surface area contributed by atoms with Gasteiger partial charge in [-0.2, -0.15) is 10.1 Å². The van der Waals surface area contributed by atoms with Crippen LogP contribution in [0.15, 0.2) is 96.1 Å². The van der Waals surface area contributed by atoms with Crippen LogP contribution in [0.5, 0.6) is 6.01 Å². The Labute approximate surface area is 291 Å². The van der Waals surface area contributed by atoms with Crippen molar-refractivity contribution in [3.05, 3.63) is 129 Å². The molecule has 0 bridgehead atoms. The van der Waals surface area contributed by atoms with E-state index in [0.717, 1.165) is 21.8 Å². The average molecular weight is 698 g/mol. The van der Waals surface area contributed by atoms with Gasteiger partial charge in [-0.05, 0) is 53.8 Å². The van der Waals surface area contributed by atoms with E-state index < -0.39 is 23.4 Å². The van der Waals surface area contributed by atoms with Crippen LogP contribution in [0, 0.1) is 10.1 Å². The number of carboxylic acids is 1. The molecule has 1 unspecified atom stereocenters. The lowest BCUT2D eigenvalue weighted by Crippen LogP contribution is -2.40. The summed E-state index contributed by atoms with van der Waals surface area (Å²) in [5.41, 5.74) is 11.8. The lowest BCUT2D eigenvalue weighted by Gasteiger charge is -2.21. The number of amidine groups is 1. The van der Waals surface area contributed by atoms with Crippen molar-refractivity contribution < 1.29 is 38.8 Å². The Kier molecular flexibility index (Phi) is 11.3. The minimum Gasteiger partial charge on any atom is -0.478 e. The first-order chi connectivity index (χ1) is 24.5. The normalized spacial score (nSPS) is 11.9. The summed E-state index contributed by atoms with van der Waals surface area (Å²) in [5, 5.41) is 24.4. The highest BCUT2D eigenvalue weighted by atomic mass is 16.9. The van der Waals surface area contributed by atoms with Crippen LogP contribution < -0.4 is 16.3 Å². The van der Waals surface area contributed by atoms with Gasteiger partial charge >= 0.3 is 12.1 Å². The molecule has 0 saturated heterocycles. The molecule has 0 amide bonds. The molecule has 0 spiro atoms. The molecule has 1 heterocycles. The number of ether oxygens (including phenoxy) is 3. The van der Waals surface area contributed by atoms with Gasteiger partial charge in [0.2, 0.25) is 6.23 Å². The summed E-state index contributed by atoms with van der Waals surface area (Å²) in [6.07, 6.45) is -2.05. The van der Waals surface area contributed by atoms with E-state index in [1.807, 2.05) is 43.3 Å². The summed E-state index contributed by atoms with van der Waals surface area (Å²) in [5.74, 6) is 5.08. The Hall–Kier alpha value is -6.68. The number of imidazole rings is 1. The van der Waals surface area contributed by atoms with Gasteiger partial charge in [-0.3, -0.25) is 4.57 Å². The van der Waals surface area contributed by atoms with Gasteiger partial charge in [-0.1, -0.05) is 78.9 Å². The van der Waals surface area contributed by atoms with E-state index in [9.17, 15) is 24.8 Å². The van der Waals surface area contributed by atoms with E-state index >= 15 is 0 Å². The van der Waals surface area contributed by atoms with Crippen molar-refractivity contribution in [1.82, 2.24) is 14.7 Å². The number of hydrazine groups is 1. The van der Waals surface area contributed by atoms with Crippen LogP contribution in [0.4, 0.5) is 4.79 Å². The number of nitrogens with zero attached hydrogens (tertiary/aromatic N) is 5. The first-order valence-corrected chi connectivity index (χ1v) is 15.6. The number of carbonyl (C=O) groups is 2. The quantitative estimate of drug-likeness (QED) is 0.0248. The number of aromatic carboxylic acids is 1. The molecule has 5 rings (SSSR count). The molecule has 4 aromatic carbocycles. The predicted octanol–water partition coefficient (Wildman–Crippen LogP) is 5.05. The number of carboxylic acid groups (broad SMARTS) is 1. The molecule has 0 saturated carbocycles. The Morgan fingerprint density at radius 3 is 2.27 bits per heavy atom. The highest BCUT2D eigenvalue weighted by Crippen LogP contribution is 2.28. The molecule has 0 fully saturated rings. The summed E-state index contributed by atoms with van der Waals surface area (Å²) < 4.78 is 17.9. The molecular weight excluding hydrogens is 662 g/mol. The standard InChI is InChI=1S/C35H35N7O9/c1-3-48-34-38-30-10-6-9-29(33(43)44)31(30)40(34)19-23-15-17-26(18-16-23)27-7-4-5-8-28(27)32(36)39-41(37)22(2)51-35(45)49-20-24-11-13-25(14-12-24)21-50-42(46)47/h4-18,22H,3,19-21,37H2,1-2H3,(H2,36,39)(H,43,44). The lowest BCUT2D eigenvalue weighted by molar-refractivity contribution is -0.763. The van der Waals surface area contributed by atoms with Crippen LogP contribution >= 0.6 is 0 Å². The number of para-hydroxylation sites is 1. The Bertz CT molecular complexity index is 2050.